The maximum Gasteiger partial charge on any atom is 0.268 e. The molecule has 0 aliphatic rings. The monoisotopic (exact) mass is 1280 g/mol. The SMILES string of the molecule is CC(C)(C)c1cc(-c2cccc(-c3ccccc3)c2-[n+]2[c-]n(-c3[c-]c(Oc4[c-]c5c(c(-n6c7ccccc7c7ccccc76)c4)c4ccccc4n5-c4cc(CC(C)(C)c5ccccc5)ccn4)ccc3)c3ccccc32)cc(C(C)(C)C)c1.[Pt]. The minimum absolute atomic E-state index is 0. The van der Waals surface area contributed by atoms with Crippen molar-refractivity contribution in [2.24, 2.45) is 0 Å². The molecule has 0 aliphatic heterocycles. The van der Waals surface area contributed by atoms with Crippen molar-refractivity contribution in [1.82, 2.24) is 18.7 Å². The smallest absolute Gasteiger partial charge is 0.268 e. The summed E-state index contributed by atoms with van der Waals surface area (Å²) in [5.41, 5.74) is 18.2. The van der Waals surface area contributed by atoms with Crippen LogP contribution in [0.1, 0.15) is 77.6 Å². The number of fused-ring (bicyclic) bond motifs is 7. The number of para-hydroxylation sites is 6. The molecule has 0 fully saturated rings. The molecule has 14 aromatic rings. The van der Waals surface area contributed by atoms with Crippen molar-refractivity contribution < 1.29 is 30.4 Å². The molecule has 7 heteroatoms. The summed E-state index contributed by atoms with van der Waals surface area (Å²) in [7, 11) is 0. The van der Waals surface area contributed by atoms with E-state index in [1.54, 1.807) is 0 Å². The van der Waals surface area contributed by atoms with Crippen molar-refractivity contribution in [2.45, 2.75) is 78.1 Å². The Morgan fingerprint density at radius 1 is 0.471 bits per heavy atom. The van der Waals surface area contributed by atoms with Crippen LogP contribution in [0.15, 0.2) is 237 Å². The van der Waals surface area contributed by atoms with Crippen LogP contribution in [0.3, 0.4) is 0 Å². The van der Waals surface area contributed by atoms with E-state index in [9.17, 15) is 0 Å². The van der Waals surface area contributed by atoms with Crippen LogP contribution in [0.4, 0.5) is 0 Å². The number of hydrogen-bond acceptors (Lipinski definition) is 2. The third kappa shape index (κ3) is 9.96. The number of pyridine rings is 1. The predicted molar refractivity (Wildman–Crippen MR) is 346 cm³/mol. The van der Waals surface area contributed by atoms with Crippen LogP contribution in [0, 0.1) is 18.5 Å². The molecule has 0 bridgehead atoms. The summed E-state index contributed by atoms with van der Waals surface area (Å²) in [5, 5.41) is 4.49. The van der Waals surface area contributed by atoms with Crippen LogP contribution in [-0.4, -0.2) is 18.7 Å². The van der Waals surface area contributed by atoms with Gasteiger partial charge in [-0.2, -0.15) is 12.1 Å². The van der Waals surface area contributed by atoms with Crippen LogP contribution in [-0.2, 0) is 43.7 Å². The molecule has 0 N–H and O–H groups in total. The second-order valence-electron chi connectivity index (χ2n) is 25.0. The number of nitrogens with zero attached hydrogens (tertiary/aromatic N) is 5. The van der Waals surface area contributed by atoms with Gasteiger partial charge in [0.15, 0.2) is 0 Å². The molecule has 420 valence electrons. The van der Waals surface area contributed by atoms with Crippen molar-refractivity contribution >= 4 is 54.6 Å². The van der Waals surface area contributed by atoms with Gasteiger partial charge in [-0.3, -0.25) is 4.57 Å². The Hall–Kier alpha value is -9.09. The number of imidazole rings is 1. The van der Waals surface area contributed by atoms with Crippen LogP contribution in [0.5, 0.6) is 11.5 Å². The molecule has 85 heavy (non-hydrogen) atoms. The van der Waals surface area contributed by atoms with Gasteiger partial charge in [0.05, 0.1) is 27.8 Å². The van der Waals surface area contributed by atoms with Gasteiger partial charge >= 0.3 is 0 Å². The zero-order chi connectivity index (χ0) is 57.5. The molecule has 0 radical (unpaired) electrons. The molecule has 14 rings (SSSR count). The van der Waals surface area contributed by atoms with Gasteiger partial charge in [-0.15, -0.1) is 24.3 Å². The molecule has 0 saturated heterocycles. The van der Waals surface area contributed by atoms with E-state index in [1.807, 2.05) is 18.3 Å². The summed E-state index contributed by atoms with van der Waals surface area (Å²) >= 11 is 0. The first-order valence-corrected chi connectivity index (χ1v) is 29.2. The van der Waals surface area contributed by atoms with E-state index in [1.165, 1.54) is 38.6 Å². The number of aromatic nitrogens is 5. The molecule has 0 aliphatic carbocycles. The molecule has 4 heterocycles. The first kappa shape index (κ1) is 55.1. The molecule has 0 unspecified atom stereocenters. The topological polar surface area (TPSA) is 40.8 Å². The van der Waals surface area contributed by atoms with Crippen molar-refractivity contribution in [3.05, 3.63) is 277 Å². The minimum Gasteiger partial charge on any atom is -0.510 e. The van der Waals surface area contributed by atoms with Gasteiger partial charge in [0.1, 0.15) is 5.82 Å². The fourth-order valence-corrected chi connectivity index (χ4v) is 12.5. The Morgan fingerprint density at radius 2 is 1.04 bits per heavy atom. The Balaban J connectivity index is 0.00000672. The van der Waals surface area contributed by atoms with Gasteiger partial charge in [0, 0.05) is 55.1 Å². The number of hydrogen-bond donors (Lipinski definition) is 0. The van der Waals surface area contributed by atoms with Crippen molar-refractivity contribution in [3.8, 4) is 56.6 Å². The van der Waals surface area contributed by atoms with E-state index in [4.69, 9.17) is 9.72 Å². The van der Waals surface area contributed by atoms with Crippen LogP contribution in [0.25, 0.3) is 99.8 Å². The summed E-state index contributed by atoms with van der Waals surface area (Å²) in [6.45, 7) is 18.4. The molecule has 10 aromatic carbocycles. The number of rotatable bonds is 11. The van der Waals surface area contributed by atoms with Crippen molar-refractivity contribution in [1.29, 1.82) is 0 Å². The van der Waals surface area contributed by atoms with E-state index in [0.29, 0.717) is 11.5 Å². The fraction of sp³-hybridized carbons (Fsp3) is 0.154. The standard InChI is InChI=1S/C78H65N5O.Pt/c1-76(2,3)56-44-54(45-57(46-56)77(4,5)6)62-35-24-34-61(53-25-11-9-12-26-53)75(62)81-51-80(69-39-21-22-40-70(69)81)58-29-23-30-59(47-58)84-60-48-71(82-66-36-18-15-31-63(66)64-32-16-19-37-67(64)82)74-65-33-17-20-38-68(65)83(72(74)49-60)73-43-52(41-42-79-73)50-78(7,8)55-27-13-10-14-28-55;/h9-46,48H,50H2,1-8H3;/q-2;. The van der Waals surface area contributed by atoms with Crippen molar-refractivity contribution in [2.75, 3.05) is 0 Å². The van der Waals surface area contributed by atoms with Gasteiger partial charge < -0.3 is 18.4 Å². The second kappa shape index (κ2) is 21.5. The van der Waals surface area contributed by atoms with Crippen molar-refractivity contribution in [3.63, 3.8) is 0 Å². The fourth-order valence-electron chi connectivity index (χ4n) is 12.5. The van der Waals surface area contributed by atoms with Gasteiger partial charge in [-0.05, 0) is 114 Å². The normalized spacial score (nSPS) is 12.2. The quantitative estimate of drug-likeness (QED) is 0.0956. The molecule has 0 saturated carbocycles. The Labute approximate surface area is 512 Å². The second-order valence-corrected chi connectivity index (χ2v) is 25.0. The summed E-state index contributed by atoms with van der Waals surface area (Å²) < 4.78 is 16.2. The Bertz CT molecular complexity index is 4750. The van der Waals surface area contributed by atoms with Gasteiger partial charge in [-0.25, -0.2) is 4.98 Å². The molecule has 0 amide bonds. The van der Waals surface area contributed by atoms with Gasteiger partial charge in [-0.1, -0.05) is 242 Å². The first-order valence-electron chi connectivity index (χ1n) is 29.2. The summed E-state index contributed by atoms with van der Waals surface area (Å²) in [4.78, 5) is 5.14. The zero-order valence-corrected chi connectivity index (χ0v) is 51.5. The number of ether oxygens (including phenoxy) is 1. The molecule has 0 atom stereocenters. The van der Waals surface area contributed by atoms with Gasteiger partial charge in [0.2, 0.25) is 0 Å². The van der Waals surface area contributed by atoms with E-state index < -0.39 is 0 Å². The minimum atomic E-state index is -0.113. The average molecular weight is 1280 g/mol. The zero-order valence-electron chi connectivity index (χ0n) is 49.2. The first-order chi connectivity index (χ1) is 40.7. The molecule has 4 aromatic heterocycles. The largest absolute Gasteiger partial charge is 0.510 e. The predicted octanol–water partition coefficient (Wildman–Crippen LogP) is 19.1. The van der Waals surface area contributed by atoms with E-state index in [-0.39, 0.29) is 37.3 Å². The maximum absolute atomic E-state index is 7.18. The Kier molecular flexibility index (Phi) is 14.0. The summed E-state index contributed by atoms with van der Waals surface area (Å²) in [6, 6.07) is 90.1. The summed E-state index contributed by atoms with van der Waals surface area (Å²) in [5.74, 6) is 1.90. The van der Waals surface area contributed by atoms with E-state index in [0.717, 1.165) is 89.9 Å². The molecular formula is C78H65N5OPt-2. The summed E-state index contributed by atoms with van der Waals surface area (Å²) in [6.07, 6.45) is 6.68. The van der Waals surface area contributed by atoms with Gasteiger partial charge in [0.25, 0.3) is 6.33 Å². The van der Waals surface area contributed by atoms with E-state index in [2.05, 4.69) is 311 Å². The maximum atomic E-state index is 7.18. The molecular weight excluding hydrogens is 1220 g/mol. The Morgan fingerprint density at radius 3 is 1.69 bits per heavy atom. The van der Waals surface area contributed by atoms with E-state index >= 15 is 0 Å². The average Bonchev–Trinajstić information content (AvgIpc) is 2.03. The van der Waals surface area contributed by atoms with Crippen LogP contribution >= 0.6 is 0 Å². The molecule has 0 spiro atoms. The van der Waals surface area contributed by atoms with Crippen LogP contribution < -0.4 is 9.30 Å². The molecule has 6 nitrogen and oxygen atoms in total. The third-order valence-electron chi connectivity index (χ3n) is 16.8. The van der Waals surface area contributed by atoms with Crippen LogP contribution in [0.2, 0.25) is 0 Å². The number of benzene rings is 10. The third-order valence-corrected chi connectivity index (χ3v) is 16.8.